The Labute approximate surface area is 535 Å². The van der Waals surface area contributed by atoms with Gasteiger partial charge in [-0.2, -0.15) is 0 Å². The summed E-state index contributed by atoms with van der Waals surface area (Å²) in [5, 5.41) is 36.7. The van der Waals surface area contributed by atoms with Crippen molar-refractivity contribution in [1.29, 1.82) is 0 Å². The molecule has 0 atom stereocenters. The number of ether oxygens (including phenoxy) is 6. The van der Waals surface area contributed by atoms with Crippen molar-refractivity contribution in [1.82, 2.24) is 0 Å². The van der Waals surface area contributed by atoms with Gasteiger partial charge in [0.2, 0.25) is 0 Å². The minimum Gasteiger partial charge on any atom is -0.508 e. The number of hydrogen-bond acceptors (Lipinski definition) is 12. The summed E-state index contributed by atoms with van der Waals surface area (Å²) in [7, 11) is -3.67. The van der Waals surface area contributed by atoms with Crippen LogP contribution in [-0.4, -0.2) is 82.6 Å². The zero-order valence-electron chi connectivity index (χ0n) is 54.3. The summed E-state index contributed by atoms with van der Waals surface area (Å²) in [6, 6.07) is 37.4. The highest BCUT2D eigenvalue weighted by atomic mass is 31.2. The molecule has 0 radical (unpaired) electrons. The maximum atomic E-state index is 12.2. The Kier molecular flexibility index (Phi) is 26.9. The summed E-state index contributed by atoms with van der Waals surface area (Å²) < 4.78 is 33.0. The van der Waals surface area contributed by atoms with Crippen LogP contribution in [0.15, 0.2) is 121 Å². The van der Waals surface area contributed by atoms with E-state index < -0.39 is 31.1 Å². The monoisotopic (exact) mass is 1280 g/mol. The topological polar surface area (TPSA) is 167 Å². The second-order valence-electron chi connectivity index (χ2n) is 26.5. The minimum absolute atomic E-state index is 0. The number of carbonyl (C=O) groups is 3. The molecule has 3 N–H and O–H groups in total. The van der Waals surface area contributed by atoms with Gasteiger partial charge in [-0.1, -0.05) is 188 Å². The number of rotatable bonds is 19. The second-order valence-corrected chi connectivity index (χ2v) is 47.1. The van der Waals surface area contributed by atoms with Crippen molar-refractivity contribution in [3.8, 4) is 34.5 Å². The predicted octanol–water partition coefficient (Wildman–Crippen LogP) is 17.0. The third-order valence-corrected chi connectivity index (χ3v) is 25.2. The molecule has 0 saturated heterocycles. The van der Waals surface area contributed by atoms with Crippen LogP contribution in [-0.2, 0) is 46.9 Å². The van der Waals surface area contributed by atoms with Gasteiger partial charge in [-0.3, -0.25) is 0 Å². The standard InChI is InChI=1S/C21H21P.C19H28O4Si.C17H24O4Si.C14H20O4Si.2CH4/c1-18(2)22(19-12-6-3-7-13-19,20-14-8-4-9-15-20)21-16-10-5-11-17-21;1-12(2)7-8-14-17(20)13(3)15-11-23-19(21)16(15)18(14)22-9-10-24(4,5)6;1-6-7-12-15(18)11(2)13-10-21-17(19)14(13)16(12)20-8-9-22(3,4)5;1-9-10-8-18-14(16)13(10)12(7-11(9)15)17-5-6-19(2,3)4;;/h3-17H,1-2H3;7,20H,8-11H2,1-6H3;6,18H,1,7-10H2,2-5H3;7,15H,5-6,8H2,1-4H3;2*1H4. The Morgan fingerprint density at radius 1 is 0.517 bits per heavy atom. The van der Waals surface area contributed by atoms with E-state index in [0.717, 1.165) is 40.4 Å². The van der Waals surface area contributed by atoms with Gasteiger partial charge in [0.05, 0.1) is 19.8 Å². The first-order valence-electron chi connectivity index (χ1n) is 30.0. The van der Waals surface area contributed by atoms with Crippen LogP contribution >= 0.6 is 6.89 Å². The van der Waals surface area contributed by atoms with Gasteiger partial charge in [-0.15, -0.1) is 6.58 Å². The Morgan fingerprint density at radius 3 is 1.19 bits per heavy atom. The summed E-state index contributed by atoms with van der Waals surface area (Å²) in [4.78, 5) is 36.0. The molecule has 3 aliphatic heterocycles. The lowest BCUT2D eigenvalue weighted by Gasteiger charge is -2.30. The highest BCUT2D eigenvalue weighted by molar-refractivity contribution is 7.95. The average molecular weight is 1290 g/mol. The van der Waals surface area contributed by atoms with Gasteiger partial charge in [0.25, 0.3) is 0 Å². The number of phenols is 3. The van der Waals surface area contributed by atoms with Gasteiger partial charge < -0.3 is 43.7 Å². The predicted molar refractivity (Wildman–Crippen MR) is 379 cm³/mol. The Hall–Kier alpha value is -7.04. The lowest BCUT2D eigenvalue weighted by Crippen LogP contribution is -2.28. The number of fused-ring (bicyclic) bond motifs is 3. The smallest absolute Gasteiger partial charge is 0.342 e. The van der Waals surface area contributed by atoms with Crippen molar-refractivity contribution in [3.05, 3.63) is 183 Å². The number of hydrogen-bond donors (Lipinski definition) is 3. The maximum absolute atomic E-state index is 12.2. The molecule has 0 saturated carbocycles. The number of cyclic esters (lactones) is 3. The molecule has 0 aliphatic carbocycles. The fourth-order valence-corrected chi connectivity index (χ4v) is 16.8. The second kappa shape index (κ2) is 32.1. The van der Waals surface area contributed by atoms with Gasteiger partial charge in [-0.25, -0.2) is 14.4 Å². The molecule has 89 heavy (non-hydrogen) atoms. The highest BCUT2D eigenvalue weighted by Crippen LogP contribution is 2.47. The van der Waals surface area contributed by atoms with E-state index >= 15 is 0 Å². The molecule has 0 fully saturated rings. The van der Waals surface area contributed by atoms with Gasteiger partial charge >= 0.3 is 17.9 Å². The summed E-state index contributed by atoms with van der Waals surface area (Å²) >= 11 is 0. The van der Waals surface area contributed by atoms with Crippen LogP contribution in [0.2, 0.25) is 77.1 Å². The van der Waals surface area contributed by atoms with Gasteiger partial charge in [0.15, 0.2) is 0 Å². The third kappa shape index (κ3) is 18.5. The maximum Gasteiger partial charge on any atom is 0.342 e. The number of benzene rings is 6. The van der Waals surface area contributed by atoms with E-state index in [4.69, 9.17) is 28.4 Å². The molecular formula is C73H101O12PSi3. The van der Waals surface area contributed by atoms with Gasteiger partial charge in [0.1, 0.15) is 71.0 Å². The van der Waals surface area contributed by atoms with Crippen LogP contribution < -0.4 is 30.1 Å². The molecule has 0 aromatic heterocycles. The number of phenolic OH excluding ortho intramolecular Hbond substituents is 3. The average Bonchev–Trinajstić information content (AvgIpc) is 2.61. The lowest BCUT2D eigenvalue weighted by molar-refractivity contribution is 0.0522. The molecule has 3 heterocycles. The molecule has 12 nitrogen and oxygen atoms in total. The van der Waals surface area contributed by atoms with Crippen molar-refractivity contribution < 1.29 is 58.1 Å². The summed E-state index contributed by atoms with van der Waals surface area (Å²) in [5.41, 5.74) is 8.24. The first kappa shape index (κ1) is 74.4. The molecule has 9 rings (SSSR count). The summed E-state index contributed by atoms with van der Waals surface area (Å²) in [5.74, 6) is 0.888. The molecule has 3 aliphatic rings. The summed E-state index contributed by atoms with van der Waals surface area (Å²) in [6.45, 7) is 38.8. The van der Waals surface area contributed by atoms with Crippen molar-refractivity contribution in [3.63, 3.8) is 0 Å². The number of aromatic hydroxyl groups is 3. The number of carbonyl (C=O) groups excluding carboxylic acids is 3. The van der Waals surface area contributed by atoms with Crippen molar-refractivity contribution >= 4 is 70.2 Å². The van der Waals surface area contributed by atoms with E-state index in [-0.39, 0.29) is 69.8 Å². The fraction of sp³-hybridized carbons (Fsp3) is 0.397. The van der Waals surface area contributed by atoms with E-state index in [2.05, 4.69) is 170 Å². The van der Waals surface area contributed by atoms with Crippen LogP contribution in [0.3, 0.4) is 0 Å². The molecule has 6 aromatic rings. The Balaban J connectivity index is 0.000000252. The first-order chi connectivity index (χ1) is 40.9. The van der Waals surface area contributed by atoms with Crippen LogP contribution in [0.1, 0.15) is 118 Å². The van der Waals surface area contributed by atoms with Crippen molar-refractivity contribution in [2.45, 2.75) is 173 Å². The number of allylic oxidation sites excluding steroid dienone is 3. The van der Waals surface area contributed by atoms with Crippen molar-refractivity contribution in [2.24, 2.45) is 0 Å². The zero-order valence-corrected chi connectivity index (χ0v) is 58.2. The largest absolute Gasteiger partial charge is 0.508 e. The van der Waals surface area contributed by atoms with Crippen LogP contribution in [0.4, 0.5) is 0 Å². The van der Waals surface area contributed by atoms with Crippen LogP contribution in [0, 0.1) is 20.8 Å². The molecule has 0 bridgehead atoms. The minimum atomic E-state index is -1.71. The zero-order chi connectivity index (χ0) is 64.2. The van der Waals surface area contributed by atoms with Gasteiger partial charge in [-0.05, 0) is 119 Å². The SMILES string of the molecule is C.C.C=CCc1c(O)c(C)c2c(c1OCC[Si](C)(C)C)C(=O)OC2.CC(C)=CCc1c(O)c(C)c2c(c1OCC[Si](C)(C)C)C(=O)OC2.CC(C)=P(c1ccccc1)(c1ccccc1)c1ccccc1.Cc1c(O)cc(OCC[Si](C)(C)C)c2c1COC2=O. The van der Waals surface area contributed by atoms with E-state index in [9.17, 15) is 29.7 Å². The number of esters is 3. The third-order valence-electron chi connectivity index (χ3n) is 15.6. The molecule has 0 amide bonds. The molecular weight excluding hydrogens is 1180 g/mol. The highest BCUT2D eigenvalue weighted by Gasteiger charge is 2.35. The molecule has 6 aromatic carbocycles. The van der Waals surface area contributed by atoms with Crippen molar-refractivity contribution in [2.75, 3.05) is 19.8 Å². The van der Waals surface area contributed by atoms with Crippen LogP contribution in [0.25, 0.3) is 0 Å². The van der Waals surface area contributed by atoms with Crippen LogP contribution in [0.5, 0.6) is 34.5 Å². The normalized spacial score (nSPS) is 12.8. The molecule has 0 spiro atoms. The fourth-order valence-electron chi connectivity index (χ4n) is 10.4. The lowest BCUT2D eigenvalue weighted by atomic mass is 9.95. The molecule has 16 heteroatoms. The Bertz CT molecular complexity index is 3430. The Morgan fingerprint density at radius 2 is 0.854 bits per heavy atom. The van der Waals surface area contributed by atoms with E-state index in [0.29, 0.717) is 94.4 Å². The quantitative estimate of drug-likeness (QED) is 0.0231. The van der Waals surface area contributed by atoms with Gasteiger partial charge in [0, 0.05) is 58.1 Å². The van der Waals surface area contributed by atoms with E-state index in [1.165, 1.54) is 27.3 Å². The molecule has 0 unspecified atom stereocenters. The van der Waals surface area contributed by atoms with E-state index in [1.54, 1.807) is 19.9 Å². The first-order valence-corrected chi connectivity index (χ1v) is 42.9. The molecule has 482 valence electrons. The van der Waals surface area contributed by atoms with E-state index in [1.807, 2.05) is 26.8 Å². The summed E-state index contributed by atoms with van der Waals surface area (Å²) in [6.07, 6.45) is 4.73.